The first-order valence-electron chi connectivity index (χ1n) is 10.3. The molecule has 1 atom stereocenters. The minimum absolute atomic E-state index is 0.0934. The van der Waals surface area contributed by atoms with Gasteiger partial charge in [-0.1, -0.05) is 18.2 Å². The predicted octanol–water partition coefficient (Wildman–Crippen LogP) is 3.82. The molecule has 1 aliphatic rings. The third-order valence-corrected chi connectivity index (χ3v) is 4.69. The van der Waals surface area contributed by atoms with E-state index in [4.69, 9.17) is 9.47 Å². The second-order valence-electron chi connectivity index (χ2n) is 8.34. The van der Waals surface area contributed by atoms with Gasteiger partial charge < -0.3 is 25.0 Å². The molecule has 0 saturated carbocycles. The van der Waals surface area contributed by atoms with E-state index in [9.17, 15) is 9.59 Å². The highest BCUT2D eigenvalue weighted by Gasteiger charge is 2.29. The fourth-order valence-corrected chi connectivity index (χ4v) is 3.32. The number of piperidine rings is 1. The molecule has 2 aromatic rings. The first-order valence-corrected chi connectivity index (χ1v) is 10.3. The van der Waals surface area contributed by atoms with E-state index in [2.05, 4.69) is 20.6 Å². The summed E-state index contributed by atoms with van der Waals surface area (Å²) in [4.78, 5) is 35.2. The maximum Gasteiger partial charge on any atom is 0.410 e. The summed E-state index contributed by atoms with van der Waals surface area (Å²) in [7, 11) is 1.32. The normalized spacial score (nSPS) is 16.4. The number of hydrogen-bond donors (Lipinski definition) is 2. The molecule has 0 spiro atoms. The number of hydrogen-bond acceptors (Lipinski definition) is 8. The van der Waals surface area contributed by atoms with E-state index in [0.29, 0.717) is 24.7 Å². The fourth-order valence-electron chi connectivity index (χ4n) is 3.32. The van der Waals surface area contributed by atoms with E-state index < -0.39 is 11.6 Å². The first-order chi connectivity index (χ1) is 14.8. The number of carbonyl (C=O) groups is 2. The molecule has 3 rings (SSSR count). The van der Waals surface area contributed by atoms with Gasteiger partial charge in [-0.3, -0.25) is 0 Å². The van der Waals surface area contributed by atoms with Crippen LogP contribution in [0.5, 0.6) is 0 Å². The molecule has 9 heteroatoms. The number of benzene rings is 1. The highest BCUT2D eigenvalue weighted by atomic mass is 16.6. The third-order valence-electron chi connectivity index (χ3n) is 4.69. The number of amides is 1. The molecule has 0 unspecified atom stereocenters. The fraction of sp³-hybridized carbons (Fsp3) is 0.455. The summed E-state index contributed by atoms with van der Waals surface area (Å²) in [6, 6.07) is 9.32. The topological polar surface area (TPSA) is 106 Å². The molecule has 166 valence electrons. The van der Waals surface area contributed by atoms with Crippen LogP contribution in [0, 0.1) is 0 Å². The molecule has 1 saturated heterocycles. The van der Waals surface area contributed by atoms with Crippen LogP contribution >= 0.6 is 0 Å². The van der Waals surface area contributed by atoms with Gasteiger partial charge >= 0.3 is 12.1 Å². The van der Waals surface area contributed by atoms with Crippen LogP contribution in [0.4, 0.5) is 22.1 Å². The van der Waals surface area contributed by atoms with Gasteiger partial charge in [0, 0.05) is 24.8 Å². The molecule has 1 fully saturated rings. The second kappa shape index (κ2) is 9.63. The Hall–Kier alpha value is -3.36. The van der Waals surface area contributed by atoms with E-state index in [-0.39, 0.29) is 17.7 Å². The highest BCUT2D eigenvalue weighted by molar-refractivity contribution is 6.00. The summed E-state index contributed by atoms with van der Waals surface area (Å²) in [5.41, 5.74) is 0.439. The molecule has 9 nitrogen and oxygen atoms in total. The lowest BCUT2D eigenvalue weighted by atomic mass is 10.1. The molecule has 31 heavy (non-hydrogen) atoms. The van der Waals surface area contributed by atoms with Gasteiger partial charge in [0.25, 0.3) is 0 Å². The number of esters is 1. The number of aromatic nitrogens is 2. The number of ether oxygens (including phenoxy) is 2. The first kappa shape index (κ1) is 22.3. The third kappa shape index (κ3) is 6.07. The molecule has 1 aromatic heterocycles. The van der Waals surface area contributed by atoms with E-state index in [0.717, 1.165) is 18.5 Å². The van der Waals surface area contributed by atoms with Crippen LogP contribution in [0.2, 0.25) is 0 Å². The molecule has 1 aromatic carbocycles. The van der Waals surface area contributed by atoms with Crippen LogP contribution in [0.25, 0.3) is 0 Å². The van der Waals surface area contributed by atoms with Gasteiger partial charge in [0.2, 0.25) is 0 Å². The molecule has 0 bridgehead atoms. The Balaban J connectivity index is 1.79. The standard InChI is InChI=1S/C22H29N5O4/c1-22(2,3)31-21(29)27-12-8-11-16(13-27)26-19-17(20(28)30-4)18(23-14-24-19)25-15-9-6-5-7-10-15/h5-7,9-10,14,16H,8,11-13H2,1-4H3,(H2,23,24,25,26)/t16-/m1/s1. The summed E-state index contributed by atoms with van der Waals surface area (Å²) in [5.74, 6) is 0.146. The highest BCUT2D eigenvalue weighted by Crippen LogP contribution is 2.26. The average molecular weight is 428 g/mol. The van der Waals surface area contributed by atoms with Gasteiger partial charge in [0.1, 0.15) is 23.3 Å². The number of carbonyl (C=O) groups excluding carboxylic acids is 2. The Morgan fingerprint density at radius 2 is 1.84 bits per heavy atom. The maximum absolute atomic E-state index is 12.5. The molecule has 0 radical (unpaired) electrons. The zero-order valence-electron chi connectivity index (χ0n) is 18.3. The van der Waals surface area contributed by atoms with Crippen molar-refractivity contribution in [3.63, 3.8) is 0 Å². The number of para-hydroxylation sites is 1. The molecule has 2 N–H and O–H groups in total. The van der Waals surface area contributed by atoms with Crippen molar-refractivity contribution < 1.29 is 19.1 Å². The van der Waals surface area contributed by atoms with Gasteiger partial charge in [0.15, 0.2) is 5.82 Å². The van der Waals surface area contributed by atoms with Crippen molar-refractivity contribution in [1.82, 2.24) is 14.9 Å². The van der Waals surface area contributed by atoms with Crippen LogP contribution in [0.1, 0.15) is 44.0 Å². The van der Waals surface area contributed by atoms with E-state index in [1.165, 1.54) is 13.4 Å². The molecule has 1 amide bonds. The second-order valence-corrected chi connectivity index (χ2v) is 8.34. The van der Waals surface area contributed by atoms with Crippen LogP contribution in [0.3, 0.4) is 0 Å². The van der Waals surface area contributed by atoms with Crippen LogP contribution < -0.4 is 10.6 Å². The minimum Gasteiger partial charge on any atom is -0.465 e. The Kier molecular flexibility index (Phi) is 6.94. The molecular weight excluding hydrogens is 398 g/mol. The summed E-state index contributed by atoms with van der Waals surface area (Å²) in [5, 5.41) is 6.44. The van der Waals surface area contributed by atoms with Crippen molar-refractivity contribution in [3.05, 3.63) is 42.2 Å². The van der Waals surface area contributed by atoms with Gasteiger partial charge in [0.05, 0.1) is 7.11 Å². The van der Waals surface area contributed by atoms with Gasteiger partial charge in [-0.15, -0.1) is 0 Å². The lowest BCUT2D eigenvalue weighted by molar-refractivity contribution is 0.0205. The van der Waals surface area contributed by atoms with Gasteiger partial charge in [-0.2, -0.15) is 0 Å². The SMILES string of the molecule is COC(=O)c1c(Nc2ccccc2)ncnc1N[C@@H]1CCCN(C(=O)OC(C)(C)C)C1. The van der Waals surface area contributed by atoms with Gasteiger partial charge in [-0.25, -0.2) is 19.6 Å². The summed E-state index contributed by atoms with van der Waals surface area (Å²) in [6.07, 6.45) is 2.67. The number of likely N-dealkylation sites (tertiary alicyclic amines) is 1. The molecule has 0 aliphatic carbocycles. The maximum atomic E-state index is 12.5. The van der Waals surface area contributed by atoms with Crippen molar-refractivity contribution in [2.24, 2.45) is 0 Å². The minimum atomic E-state index is -0.555. The number of nitrogens with one attached hydrogen (secondary N) is 2. The Morgan fingerprint density at radius 3 is 2.52 bits per heavy atom. The zero-order valence-corrected chi connectivity index (χ0v) is 18.3. The summed E-state index contributed by atoms with van der Waals surface area (Å²) >= 11 is 0. The number of rotatable bonds is 5. The van der Waals surface area contributed by atoms with Crippen molar-refractivity contribution in [1.29, 1.82) is 0 Å². The number of nitrogens with zero attached hydrogens (tertiary/aromatic N) is 3. The molecular formula is C22H29N5O4. The van der Waals surface area contributed by atoms with Crippen LogP contribution in [-0.4, -0.2) is 58.8 Å². The van der Waals surface area contributed by atoms with E-state index in [1.807, 2.05) is 51.1 Å². The smallest absolute Gasteiger partial charge is 0.410 e. The lowest BCUT2D eigenvalue weighted by Crippen LogP contribution is -2.47. The Bertz CT molecular complexity index is 914. The van der Waals surface area contributed by atoms with E-state index >= 15 is 0 Å². The van der Waals surface area contributed by atoms with Crippen LogP contribution in [-0.2, 0) is 9.47 Å². The largest absolute Gasteiger partial charge is 0.465 e. The van der Waals surface area contributed by atoms with Crippen molar-refractivity contribution in [2.45, 2.75) is 45.3 Å². The number of methoxy groups -OCH3 is 1. The average Bonchev–Trinajstić information content (AvgIpc) is 2.73. The van der Waals surface area contributed by atoms with E-state index in [1.54, 1.807) is 4.90 Å². The molecule has 2 heterocycles. The Morgan fingerprint density at radius 1 is 1.13 bits per heavy atom. The van der Waals surface area contributed by atoms with Crippen molar-refractivity contribution >= 4 is 29.4 Å². The predicted molar refractivity (Wildman–Crippen MR) is 118 cm³/mol. The number of anilines is 3. The van der Waals surface area contributed by atoms with Crippen molar-refractivity contribution in [3.8, 4) is 0 Å². The van der Waals surface area contributed by atoms with Gasteiger partial charge in [-0.05, 0) is 45.7 Å². The molecule has 1 aliphatic heterocycles. The zero-order chi connectivity index (χ0) is 22.4. The summed E-state index contributed by atoms with van der Waals surface area (Å²) in [6.45, 7) is 6.60. The summed E-state index contributed by atoms with van der Waals surface area (Å²) < 4.78 is 10.5. The quantitative estimate of drug-likeness (QED) is 0.694. The monoisotopic (exact) mass is 427 g/mol. The lowest BCUT2D eigenvalue weighted by Gasteiger charge is -2.34. The van der Waals surface area contributed by atoms with Crippen LogP contribution in [0.15, 0.2) is 36.7 Å². The Labute approximate surface area is 182 Å². The van der Waals surface area contributed by atoms with Crippen molar-refractivity contribution in [2.75, 3.05) is 30.8 Å².